The normalized spacial score (nSPS) is 9.76. The molecule has 0 spiro atoms. The lowest BCUT2D eigenvalue weighted by Crippen LogP contribution is -2.33. The molecule has 0 aliphatic heterocycles. The molecule has 92 valence electrons. The van der Waals surface area contributed by atoms with Crippen LogP contribution in [0.5, 0.6) is 0 Å². The van der Waals surface area contributed by atoms with Gasteiger partial charge in [0.1, 0.15) is 0 Å². The molecular formula is C10H13N3O4. The Kier molecular flexibility index (Phi) is 4.41. The zero-order valence-electron chi connectivity index (χ0n) is 9.29. The Labute approximate surface area is 97.8 Å². The number of amides is 2. The SMILES string of the molecule is CN(CCO)C(=O)Nc1cccc([N+](=O)[O-])c1. The van der Waals surface area contributed by atoms with Crippen LogP contribution in [0.15, 0.2) is 24.3 Å². The Morgan fingerprint density at radius 2 is 2.29 bits per heavy atom. The number of nitrogens with one attached hydrogen (secondary N) is 1. The summed E-state index contributed by atoms with van der Waals surface area (Å²) in [6.45, 7) is 0.0552. The lowest BCUT2D eigenvalue weighted by atomic mass is 10.3. The maximum absolute atomic E-state index is 11.5. The fourth-order valence-electron chi connectivity index (χ4n) is 1.17. The highest BCUT2D eigenvalue weighted by Gasteiger charge is 2.10. The molecule has 17 heavy (non-hydrogen) atoms. The Bertz CT molecular complexity index is 422. The molecule has 0 fully saturated rings. The molecule has 0 heterocycles. The van der Waals surface area contributed by atoms with Crippen LogP contribution in [-0.4, -0.2) is 41.2 Å². The van der Waals surface area contributed by atoms with Crippen LogP contribution in [0.4, 0.5) is 16.2 Å². The molecule has 1 rings (SSSR count). The molecule has 0 radical (unpaired) electrons. The molecule has 1 aromatic carbocycles. The van der Waals surface area contributed by atoms with Gasteiger partial charge in [-0.3, -0.25) is 10.1 Å². The number of aliphatic hydroxyl groups excluding tert-OH is 1. The van der Waals surface area contributed by atoms with Gasteiger partial charge in [0.15, 0.2) is 0 Å². The number of benzene rings is 1. The van der Waals surface area contributed by atoms with E-state index in [1.807, 2.05) is 0 Å². The molecule has 0 saturated heterocycles. The topological polar surface area (TPSA) is 95.7 Å². The fraction of sp³-hybridized carbons (Fsp3) is 0.300. The number of non-ortho nitro benzene ring substituents is 1. The third-order valence-corrected chi connectivity index (χ3v) is 2.09. The van der Waals surface area contributed by atoms with E-state index in [1.165, 1.54) is 30.1 Å². The molecule has 7 heteroatoms. The van der Waals surface area contributed by atoms with Gasteiger partial charge in [-0.05, 0) is 6.07 Å². The first-order valence-corrected chi connectivity index (χ1v) is 4.92. The van der Waals surface area contributed by atoms with Gasteiger partial charge in [0, 0.05) is 31.4 Å². The summed E-state index contributed by atoms with van der Waals surface area (Å²) in [6, 6.07) is 5.22. The van der Waals surface area contributed by atoms with Gasteiger partial charge in [-0.1, -0.05) is 6.07 Å². The van der Waals surface area contributed by atoms with Gasteiger partial charge in [-0.25, -0.2) is 4.79 Å². The van der Waals surface area contributed by atoms with Crippen molar-refractivity contribution in [3.63, 3.8) is 0 Å². The standard InChI is InChI=1S/C10H13N3O4/c1-12(5-6-14)10(15)11-8-3-2-4-9(7-8)13(16)17/h2-4,7,14H,5-6H2,1H3,(H,11,15). The van der Waals surface area contributed by atoms with Crippen LogP contribution in [0, 0.1) is 10.1 Å². The minimum Gasteiger partial charge on any atom is -0.395 e. The highest BCUT2D eigenvalue weighted by molar-refractivity contribution is 5.89. The van der Waals surface area contributed by atoms with Crippen LogP contribution in [0.1, 0.15) is 0 Å². The van der Waals surface area contributed by atoms with Crippen molar-refractivity contribution in [3.8, 4) is 0 Å². The van der Waals surface area contributed by atoms with E-state index < -0.39 is 11.0 Å². The molecule has 0 unspecified atom stereocenters. The zero-order valence-corrected chi connectivity index (χ0v) is 9.29. The van der Waals surface area contributed by atoms with Gasteiger partial charge in [0.05, 0.1) is 11.5 Å². The highest BCUT2D eigenvalue weighted by atomic mass is 16.6. The third-order valence-electron chi connectivity index (χ3n) is 2.09. The van der Waals surface area contributed by atoms with Gasteiger partial charge in [-0.15, -0.1) is 0 Å². The Morgan fingerprint density at radius 1 is 1.59 bits per heavy atom. The number of carbonyl (C=O) groups excluding carboxylic acids is 1. The van der Waals surface area contributed by atoms with Crippen LogP contribution in [0.25, 0.3) is 0 Å². The van der Waals surface area contributed by atoms with E-state index in [1.54, 1.807) is 6.07 Å². The predicted molar refractivity (Wildman–Crippen MR) is 61.8 cm³/mol. The molecule has 7 nitrogen and oxygen atoms in total. The molecule has 2 amide bonds. The molecule has 0 aliphatic carbocycles. The second-order valence-corrected chi connectivity index (χ2v) is 3.38. The van der Waals surface area contributed by atoms with E-state index in [2.05, 4.69) is 5.32 Å². The summed E-state index contributed by atoms with van der Waals surface area (Å²) in [5, 5.41) is 21.7. The van der Waals surface area contributed by atoms with Crippen LogP contribution < -0.4 is 5.32 Å². The van der Waals surface area contributed by atoms with Gasteiger partial charge < -0.3 is 15.3 Å². The number of likely N-dealkylation sites (N-methyl/N-ethyl adjacent to an activating group) is 1. The summed E-state index contributed by atoms with van der Waals surface area (Å²) in [5.41, 5.74) is 0.251. The number of nitro benzene ring substituents is 1. The van der Waals surface area contributed by atoms with Crippen molar-refractivity contribution in [2.45, 2.75) is 0 Å². The number of nitro groups is 1. The van der Waals surface area contributed by atoms with Crippen LogP contribution in [-0.2, 0) is 0 Å². The fourth-order valence-corrected chi connectivity index (χ4v) is 1.17. The maximum Gasteiger partial charge on any atom is 0.321 e. The smallest absolute Gasteiger partial charge is 0.321 e. The number of nitrogens with zero attached hydrogens (tertiary/aromatic N) is 2. The highest BCUT2D eigenvalue weighted by Crippen LogP contribution is 2.17. The number of urea groups is 1. The van der Waals surface area contributed by atoms with E-state index in [9.17, 15) is 14.9 Å². The van der Waals surface area contributed by atoms with Gasteiger partial charge >= 0.3 is 6.03 Å². The Morgan fingerprint density at radius 3 is 2.88 bits per heavy atom. The Hall–Kier alpha value is -2.15. The number of hydrogen-bond acceptors (Lipinski definition) is 4. The first-order chi connectivity index (χ1) is 8.04. The van der Waals surface area contributed by atoms with E-state index in [0.717, 1.165) is 0 Å². The molecule has 0 aliphatic rings. The third kappa shape index (κ3) is 3.72. The first-order valence-electron chi connectivity index (χ1n) is 4.92. The van der Waals surface area contributed by atoms with Gasteiger partial charge in [0.2, 0.25) is 0 Å². The molecule has 0 saturated carbocycles. The second kappa shape index (κ2) is 5.80. The molecule has 1 aromatic rings. The van der Waals surface area contributed by atoms with E-state index >= 15 is 0 Å². The monoisotopic (exact) mass is 239 g/mol. The average molecular weight is 239 g/mol. The van der Waals surface area contributed by atoms with Crippen molar-refractivity contribution < 1.29 is 14.8 Å². The zero-order chi connectivity index (χ0) is 12.8. The van der Waals surface area contributed by atoms with Crippen molar-refractivity contribution in [1.82, 2.24) is 4.90 Å². The largest absolute Gasteiger partial charge is 0.395 e. The summed E-state index contributed by atoms with van der Waals surface area (Å²) >= 11 is 0. The molecule has 0 atom stereocenters. The number of anilines is 1. The summed E-state index contributed by atoms with van der Waals surface area (Å²) in [4.78, 5) is 22.8. The second-order valence-electron chi connectivity index (χ2n) is 3.38. The molecular weight excluding hydrogens is 226 g/mol. The quantitative estimate of drug-likeness (QED) is 0.606. The van der Waals surface area contributed by atoms with Crippen molar-refractivity contribution in [1.29, 1.82) is 0 Å². The van der Waals surface area contributed by atoms with Crippen molar-refractivity contribution in [3.05, 3.63) is 34.4 Å². The first kappa shape index (κ1) is 12.9. The molecule has 2 N–H and O–H groups in total. The van der Waals surface area contributed by atoms with Crippen molar-refractivity contribution in [2.75, 3.05) is 25.5 Å². The van der Waals surface area contributed by atoms with Gasteiger partial charge in [-0.2, -0.15) is 0 Å². The van der Waals surface area contributed by atoms with Crippen molar-refractivity contribution >= 4 is 17.4 Å². The summed E-state index contributed by atoms with van der Waals surface area (Å²) < 4.78 is 0. The molecule has 0 bridgehead atoms. The van der Waals surface area contributed by atoms with Gasteiger partial charge in [0.25, 0.3) is 5.69 Å². The summed E-state index contributed by atoms with van der Waals surface area (Å²) in [6.07, 6.45) is 0. The lowest BCUT2D eigenvalue weighted by Gasteiger charge is -2.16. The number of rotatable bonds is 4. The minimum atomic E-state index is -0.535. The van der Waals surface area contributed by atoms with Crippen LogP contribution >= 0.6 is 0 Å². The van der Waals surface area contributed by atoms with E-state index in [0.29, 0.717) is 5.69 Å². The number of aliphatic hydroxyl groups is 1. The summed E-state index contributed by atoms with van der Waals surface area (Å²) in [5.74, 6) is 0. The maximum atomic E-state index is 11.5. The number of carbonyl (C=O) groups is 1. The number of hydrogen-bond donors (Lipinski definition) is 2. The summed E-state index contributed by atoms with van der Waals surface area (Å²) in [7, 11) is 1.52. The van der Waals surface area contributed by atoms with E-state index in [4.69, 9.17) is 5.11 Å². The predicted octanol–water partition coefficient (Wildman–Crippen LogP) is 1.05. The lowest BCUT2D eigenvalue weighted by molar-refractivity contribution is -0.384. The van der Waals surface area contributed by atoms with Crippen LogP contribution in [0.3, 0.4) is 0 Å². The average Bonchev–Trinajstić information content (AvgIpc) is 2.29. The van der Waals surface area contributed by atoms with Crippen LogP contribution in [0.2, 0.25) is 0 Å². The van der Waals surface area contributed by atoms with E-state index in [-0.39, 0.29) is 18.8 Å². The molecule has 0 aromatic heterocycles. The Balaban J connectivity index is 2.71. The van der Waals surface area contributed by atoms with Crippen molar-refractivity contribution in [2.24, 2.45) is 0 Å². The minimum absolute atomic E-state index is 0.0902.